The van der Waals surface area contributed by atoms with Crippen molar-refractivity contribution in [2.75, 3.05) is 19.8 Å². The molecule has 2 aliphatic heterocycles. The van der Waals surface area contributed by atoms with Gasteiger partial charge in [0.1, 0.15) is 17.3 Å². The quantitative estimate of drug-likeness (QED) is 0.809. The number of hydrogen-bond acceptors (Lipinski definition) is 7. The van der Waals surface area contributed by atoms with E-state index in [9.17, 15) is 4.79 Å². The number of rotatable bonds is 4. The Morgan fingerprint density at radius 1 is 1.32 bits per heavy atom. The van der Waals surface area contributed by atoms with Crippen LogP contribution < -0.4 is 0 Å². The Kier molecular flexibility index (Phi) is 4.48. The number of aryl methyl sites for hydroxylation is 2. The van der Waals surface area contributed by atoms with Crippen molar-refractivity contribution in [2.45, 2.75) is 51.6 Å². The van der Waals surface area contributed by atoms with Gasteiger partial charge in [0.2, 0.25) is 5.91 Å². The normalized spacial score (nSPS) is 18.4. The molecule has 1 fully saturated rings. The molecule has 0 spiro atoms. The van der Waals surface area contributed by atoms with Crippen LogP contribution in [0, 0.1) is 6.92 Å². The molecule has 4 rings (SSSR count). The first-order valence-electron chi connectivity index (χ1n) is 8.77. The lowest BCUT2D eigenvalue weighted by Crippen LogP contribution is -2.36. The van der Waals surface area contributed by atoms with Gasteiger partial charge in [0, 0.05) is 38.5 Å². The van der Waals surface area contributed by atoms with Crippen LogP contribution in [-0.4, -0.2) is 55.8 Å². The maximum absolute atomic E-state index is 12.5. The van der Waals surface area contributed by atoms with Gasteiger partial charge in [-0.1, -0.05) is 0 Å². The van der Waals surface area contributed by atoms with Crippen molar-refractivity contribution < 1.29 is 13.9 Å². The molecule has 0 unspecified atom stereocenters. The Bertz CT molecular complexity index is 749. The Labute approximate surface area is 145 Å². The van der Waals surface area contributed by atoms with Crippen LogP contribution in [0.25, 0.3) is 0 Å². The smallest absolute Gasteiger partial charge is 0.224 e. The van der Waals surface area contributed by atoms with Gasteiger partial charge in [-0.3, -0.25) is 4.79 Å². The predicted molar refractivity (Wildman–Crippen MR) is 85.6 cm³/mol. The third-order valence-electron chi connectivity index (χ3n) is 4.92. The Morgan fingerprint density at radius 2 is 2.16 bits per heavy atom. The molecular formula is C16H22N6O3. The number of ether oxygens (including phenoxy) is 1. The van der Waals surface area contributed by atoms with Gasteiger partial charge in [0.15, 0.2) is 5.89 Å². The minimum atomic E-state index is 0.0937. The summed E-state index contributed by atoms with van der Waals surface area (Å²) in [7, 11) is 0. The fourth-order valence-electron chi connectivity index (χ4n) is 3.37. The number of carbonyl (C=O) groups is 1. The molecule has 2 aliphatic rings. The van der Waals surface area contributed by atoms with Crippen LogP contribution in [0.3, 0.4) is 0 Å². The molecule has 0 aromatic carbocycles. The van der Waals surface area contributed by atoms with Crippen molar-refractivity contribution in [2.24, 2.45) is 0 Å². The molecule has 0 saturated carbocycles. The molecule has 25 heavy (non-hydrogen) atoms. The van der Waals surface area contributed by atoms with E-state index in [0.29, 0.717) is 37.8 Å². The zero-order chi connectivity index (χ0) is 17.2. The van der Waals surface area contributed by atoms with E-state index in [4.69, 9.17) is 9.15 Å². The van der Waals surface area contributed by atoms with Crippen LogP contribution >= 0.6 is 0 Å². The summed E-state index contributed by atoms with van der Waals surface area (Å²) in [5.41, 5.74) is 0.902. The van der Waals surface area contributed by atoms with Crippen molar-refractivity contribution >= 4 is 5.91 Å². The van der Waals surface area contributed by atoms with Crippen LogP contribution in [0.4, 0.5) is 0 Å². The first kappa shape index (κ1) is 16.2. The van der Waals surface area contributed by atoms with Gasteiger partial charge >= 0.3 is 0 Å². The molecule has 134 valence electrons. The minimum Gasteiger partial charge on any atom is -0.445 e. The summed E-state index contributed by atoms with van der Waals surface area (Å²) in [6.07, 6.45) is 3.01. The first-order valence-corrected chi connectivity index (χ1v) is 8.77. The van der Waals surface area contributed by atoms with Crippen LogP contribution in [0.1, 0.15) is 48.3 Å². The second kappa shape index (κ2) is 6.91. The highest BCUT2D eigenvalue weighted by Crippen LogP contribution is 2.30. The third kappa shape index (κ3) is 3.41. The van der Waals surface area contributed by atoms with Crippen molar-refractivity contribution in [1.82, 2.24) is 30.1 Å². The number of amides is 1. The van der Waals surface area contributed by atoms with Crippen molar-refractivity contribution in [3.63, 3.8) is 0 Å². The molecule has 2 aromatic rings. The van der Waals surface area contributed by atoms with E-state index in [-0.39, 0.29) is 5.91 Å². The maximum atomic E-state index is 12.5. The molecule has 1 amide bonds. The van der Waals surface area contributed by atoms with E-state index in [0.717, 1.165) is 49.8 Å². The van der Waals surface area contributed by atoms with Crippen molar-refractivity contribution in [1.29, 1.82) is 0 Å². The monoisotopic (exact) mass is 346 g/mol. The van der Waals surface area contributed by atoms with Gasteiger partial charge in [-0.2, -0.15) is 0 Å². The van der Waals surface area contributed by atoms with Crippen LogP contribution in [0.5, 0.6) is 0 Å². The van der Waals surface area contributed by atoms with Gasteiger partial charge in [0.25, 0.3) is 0 Å². The Balaban J connectivity index is 1.37. The molecule has 9 heteroatoms. The maximum Gasteiger partial charge on any atom is 0.224 e. The lowest BCUT2D eigenvalue weighted by Gasteiger charge is -2.25. The molecule has 0 N–H and O–H groups in total. The molecule has 1 saturated heterocycles. The summed E-state index contributed by atoms with van der Waals surface area (Å²) in [4.78, 5) is 19.0. The molecular weight excluding hydrogens is 324 g/mol. The summed E-state index contributed by atoms with van der Waals surface area (Å²) in [6, 6.07) is 0. The highest BCUT2D eigenvalue weighted by molar-refractivity contribution is 5.76. The molecule has 0 radical (unpaired) electrons. The van der Waals surface area contributed by atoms with E-state index in [1.807, 2.05) is 11.8 Å². The molecule has 0 aliphatic carbocycles. The summed E-state index contributed by atoms with van der Waals surface area (Å²) < 4.78 is 13.0. The highest BCUT2D eigenvalue weighted by Gasteiger charge is 2.28. The van der Waals surface area contributed by atoms with E-state index in [2.05, 4.69) is 20.5 Å². The summed E-state index contributed by atoms with van der Waals surface area (Å²) in [5, 5.41) is 11.3. The zero-order valence-corrected chi connectivity index (χ0v) is 14.3. The number of hydrogen-bond donors (Lipinski definition) is 0. The number of fused-ring (bicyclic) bond motifs is 1. The lowest BCUT2D eigenvalue weighted by atomic mass is 10.0. The minimum absolute atomic E-state index is 0.0937. The molecule has 2 aromatic heterocycles. The van der Waals surface area contributed by atoms with E-state index in [1.165, 1.54) is 0 Å². The number of oxazole rings is 1. The fourth-order valence-corrected chi connectivity index (χ4v) is 3.37. The van der Waals surface area contributed by atoms with Crippen molar-refractivity contribution in [3.8, 4) is 0 Å². The largest absolute Gasteiger partial charge is 0.445 e. The number of carbonyl (C=O) groups excluding carboxylic acids is 1. The highest BCUT2D eigenvalue weighted by atomic mass is 16.5. The van der Waals surface area contributed by atoms with Crippen LogP contribution in [-0.2, 0) is 29.0 Å². The lowest BCUT2D eigenvalue weighted by molar-refractivity contribution is -0.132. The first-order chi connectivity index (χ1) is 12.2. The molecule has 0 atom stereocenters. The summed E-state index contributed by atoms with van der Waals surface area (Å²) >= 11 is 0. The molecule has 9 nitrogen and oxygen atoms in total. The number of aromatic nitrogens is 5. The zero-order valence-electron chi connectivity index (χ0n) is 14.3. The molecule has 4 heterocycles. The van der Waals surface area contributed by atoms with E-state index >= 15 is 0 Å². The Hall–Kier alpha value is -2.29. The number of nitrogens with zero attached hydrogens (tertiary/aromatic N) is 6. The topological polar surface area (TPSA) is 99.2 Å². The van der Waals surface area contributed by atoms with Gasteiger partial charge in [0.05, 0.1) is 13.1 Å². The summed E-state index contributed by atoms with van der Waals surface area (Å²) in [6.45, 7) is 5.04. The van der Waals surface area contributed by atoms with Gasteiger partial charge in [-0.05, 0) is 30.2 Å². The van der Waals surface area contributed by atoms with Gasteiger partial charge < -0.3 is 14.1 Å². The fraction of sp³-hybridized carbons (Fsp3) is 0.688. The van der Waals surface area contributed by atoms with E-state index in [1.54, 1.807) is 4.68 Å². The standard InChI is InChI=1S/C16H22N6O3/c1-11-18-19-20-22(11)7-3-15(23)21-6-2-14-13(10-21)17-16(25-14)12-4-8-24-9-5-12/h12H,2-10H2,1H3. The second-order valence-electron chi connectivity index (χ2n) is 6.57. The van der Waals surface area contributed by atoms with E-state index < -0.39 is 0 Å². The van der Waals surface area contributed by atoms with Crippen LogP contribution in [0.2, 0.25) is 0 Å². The average Bonchev–Trinajstić information content (AvgIpc) is 3.25. The van der Waals surface area contributed by atoms with Crippen molar-refractivity contribution in [3.05, 3.63) is 23.2 Å². The average molecular weight is 346 g/mol. The predicted octanol–water partition coefficient (Wildman–Crippen LogP) is 0.839. The van der Waals surface area contributed by atoms with Gasteiger partial charge in [-0.15, -0.1) is 5.10 Å². The summed E-state index contributed by atoms with van der Waals surface area (Å²) in [5.74, 6) is 2.89. The third-order valence-corrected chi connectivity index (χ3v) is 4.92. The van der Waals surface area contributed by atoms with Crippen LogP contribution in [0.15, 0.2) is 4.42 Å². The SMILES string of the molecule is Cc1nnnn1CCC(=O)N1CCc2oc(C3CCOCC3)nc2C1. The number of tetrazole rings is 1. The second-order valence-corrected chi connectivity index (χ2v) is 6.57. The van der Waals surface area contributed by atoms with Gasteiger partial charge in [-0.25, -0.2) is 9.67 Å². The Morgan fingerprint density at radius 3 is 2.92 bits per heavy atom. The molecule has 0 bridgehead atoms.